The largest absolute Gasteiger partial charge is 0.490 e. The van der Waals surface area contributed by atoms with Crippen LogP contribution >= 0.6 is 22.6 Å². The van der Waals surface area contributed by atoms with E-state index in [2.05, 4.69) is 39.0 Å². The summed E-state index contributed by atoms with van der Waals surface area (Å²) in [6.07, 6.45) is 6.62. The third-order valence-corrected chi connectivity index (χ3v) is 4.16. The maximum Gasteiger partial charge on any atom is 0.274 e. The Bertz CT molecular complexity index is 993. The van der Waals surface area contributed by atoms with Crippen molar-refractivity contribution in [2.24, 2.45) is 5.10 Å². The maximum absolute atomic E-state index is 13.9. The molecule has 28 heavy (non-hydrogen) atoms. The van der Waals surface area contributed by atoms with Gasteiger partial charge in [-0.3, -0.25) is 4.79 Å². The van der Waals surface area contributed by atoms with E-state index in [9.17, 15) is 9.18 Å². The molecule has 0 fully saturated rings. The number of carbonyl (C=O) groups is 1. The molecule has 0 unspecified atom stereocenters. The van der Waals surface area contributed by atoms with Crippen LogP contribution in [0.25, 0.3) is 0 Å². The molecule has 142 valence electrons. The molecule has 0 saturated carbocycles. The van der Waals surface area contributed by atoms with Gasteiger partial charge in [-0.2, -0.15) is 10.4 Å². The van der Waals surface area contributed by atoms with Crippen LogP contribution in [0, 0.1) is 33.1 Å². The van der Waals surface area contributed by atoms with Crippen molar-refractivity contribution >= 4 is 34.7 Å². The number of terminal acetylenes is 1. The normalized spacial score (nSPS) is 10.2. The van der Waals surface area contributed by atoms with Crippen molar-refractivity contribution in [3.05, 3.63) is 56.4 Å². The second kappa shape index (κ2) is 10.3. The standard InChI is InChI=1S/C20H15FIN3O3/c1-3-7-28-19-17(22)9-14(10-18(19)27-4-2)12-24-25-20(26)15-6-5-13(11-23)8-16(15)21/h1,5-6,8-10,12H,4,7H2,2H3,(H,25,26)/b24-12-. The summed E-state index contributed by atoms with van der Waals surface area (Å²) < 4.78 is 25.7. The van der Waals surface area contributed by atoms with Crippen LogP contribution in [0.5, 0.6) is 11.5 Å². The number of nitrogens with zero attached hydrogens (tertiary/aromatic N) is 2. The fourth-order valence-corrected chi connectivity index (χ4v) is 2.95. The average molecular weight is 491 g/mol. The van der Waals surface area contributed by atoms with Gasteiger partial charge in [-0.1, -0.05) is 5.92 Å². The van der Waals surface area contributed by atoms with E-state index in [-0.39, 0.29) is 17.7 Å². The van der Waals surface area contributed by atoms with Crippen molar-refractivity contribution in [3.63, 3.8) is 0 Å². The Morgan fingerprint density at radius 1 is 1.39 bits per heavy atom. The van der Waals surface area contributed by atoms with Gasteiger partial charge < -0.3 is 9.47 Å². The van der Waals surface area contributed by atoms with Gasteiger partial charge in [0.15, 0.2) is 11.5 Å². The number of halogens is 2. The Hall–Kier alpha value is -3.11. The van der Waals surface area contributed by atoms with Crippen molar-refractivity contribution in [3.8, 4) is 29.9 Å². The monoisotopic (exact) mass is 491 g/mol. The number of hydrogen-bond donors (Lipinski definition) is 1. The molecule has 0 atom stereocenters. The highest BCUT2D eigenvalue weighted by Crippen LogP contribution is 2.33. The number of hydrazone groups is 1. The second-order valence-electron chi connectivity index (χ2n) is 5.26. The van der Waals surface area contributed by atoms with Crippen LogP contribution in [0.3, 0.4) is 0 Å². The number of hydrogen-bond acceptors (Lipinski definition) is 5. The molecule has 0 heterocycles. The molecule has 8 heteroatoms. The van der Waals surface area contributed by atoms with Crippen molar-refractivity contribution < 1.29 is 18.7 Å². The third-order valence-electron chi connectivity index (χ3n) is 3.35. The number of amides is 1. The van der Waals surface area contributed by atoms with Gasteiger partial charge in [0.25, 0.3) is 5.91 Å². The third kappa shape index (κ3) is 5.44. The maximum atomic E-state index is 13.9. The van der Waals surface area contributed by atoms with Crippen LogP contribution in [0.4, 0.5) is 4.39 Å². The molecule has 0 radical (unpaired) electrons. The van der Waals surface area contributed by atoms with Crippen molar-refractivity contribution in [2.45, 2.75) is 6.92 Å². The number of rotatable bonds is 7. The van der Waals surface area contributed by atoms with E-state index >= 15 is 0 Å². The number of ether oxygens (including phenoxy) is 2. The van der Waals surface area contributed by atoms with Gasteiger partial charge in [0.1, 0.15) is 12.4 Å². The first-order valence-electron chi connectivity index (χ1n) is 8.05. The number of benzene rings is 2. The molecule has 0 aliphatic carbocycles. The molecule has 0 aliphatic heterocycles. The summed E-state index contributed by atoms with van der Waals surface area (Å²) in [5.74, 6) is 1.90. The zero-order chi connectivity index (χ0) is 20.5. The minimum atomic E-state index is -0.796. The van der Waals surface area contributed by atoms with Gasteiger partial charge in [0.2, 0.25) is 0 Å². The van der Waals surface area contributed by atoms with Crippen molar-refractivity contribution in [1.29, 1.82) is 5.26 Å². The predicted molar refractivity (Wildman–Crippen MR) is 111 cm³/mol. The Morgan fingerprint density at radius 3 is 2.82 bits per heavy atom. The number of nitriles is 1. The lowest BCUT2D eigenvalue weighted by molar-refractivity contribution is 0.0951. The smallest absolute Gasteiger partial charge is 0.274 e. The Morgan fingerprint density at radius 2 is 2.18 bits per heavy atom. The highest BCUT2D eigenvalue weighted by molar-refractivity contribution is 14.1. The predicted octanol–water partition coefficient (Wildman–Crippen LogP) is 3.48. The highest BCUT2D eigenvalue weighted by Gasteiger charge is 2.13. The molecule has 6 nitrogen and oxygen atoms in total. The molecule has 0 saturated heterocycles. The van der Waals surface area contributed by atoms with Gasteiger partial charge in [-0.05, 0) is 65.4 Å². The lowest BCUT2D eigenvalue weighted by Crippen LogP contribution is -2.19. The van der Waals surface area contributed by atoms with E-state index in [1.165, 1.54) is 18.3 Å². The first-order valence-corrected chi connectivity index (χ1v) is 9.13. The highest BCUT2D eigenvalue weighted by atomic mass is 127. The fourth-order valence-electron chi connectivity index (χ4n) is 2.17. The Balaban J connectivity index is 2.16. The molecular formula is C20H15FIN3O3. The molecule has 0 aromatic heterocycles. The zero-order valence-electron chi connectivity index (χ0n) is 14.8. The summed E-state index contributed by atoms with van der Waals surface area (Å²) in [4.78, 5) is 12.1. The van der Waals surface area contributed by atoms with E-state index in [1.807, 2.05) is 6.92 Å². The Kier molecular flexibility index (Phi) is 7.78. The SMILES string of the molecule is C#CCOc1c(I)cc(/C=N\NC(=O)c2ccc(C#N)cc2F)cc1OCC. The summed E-state index contributed by atoms with van der Waals surface area (Å²) in [5, 5.41) is 12.6. The topological polar surface area (TPSA) is 83.7 Å². The van der Waals surface area contributed by atoms with Crippen LogP contribution in [0.15, 0.2) is 35.4 Å². The van der Waals surface area contributed by atoms with Gasteiger partial charge in [-0.25, -0.2) is 9.82 Å². The average Bonchev–Trinajstić information content (AvgIpc) is 2.67. The van der Waals surface area contributed by atoms with E-state index in [0.717, 1.165) is 9.64 Å². The second-order valence-corrected chi connectivity index (χ2v) is 6.42. The van der Waals surface area contributed by atoms with Gasteiger partial charge >= 0.3 is 0 Å². The van der Waals surface area contributed by atoms with Gasteiger partial charge in [0, 0.05) is 0 Å². The zero-order valence-corrected chi connectivity index (χ0v) is 17.0. The lowest BCUT2D eigenvalue weighted by atomic mass is 10.1. The summed E-state index contributed by atoms with van der Waals surface area (Å²) >= 11 is 2.08. The first kappa shape index (κ1) is 21.2. The van der Waals surface area contributed by atoms with Crippen molar-refractivity contribution in [2.75, 3.05) is 13.2 Å². The van der Waals surface area contributed by atoms with Crippen molar-refractivity contribution in [1.82, 2.24) is 5.43 Å². The molecule has 0 aliphatic rings. The minimum Gasteiger partial charge on any atom is -0.490 e. The number of carbonyl (C=O) groups excluding carboxylic acids is 1. The molecule has 2 aromatic rings. The summed E-state index contributed by atoms with van der Waals surface area (Å²) in [6, 6.07) is 8.84. The fraction of sp³-hybridized carbons (Fsp3) is 0.150. The molecule has 0 bridgehead atoms. The quantitative estimate of drug-likeness (QED) is 0.278. The first-order chi connectivity index (χ1) is 13.5. The van der Waals surface area contributed by atoms with Crippen LogP contribution in [-0.4, -0.2) is 25.3 Å². The van der Waals surface area contributed by atoms with E-state index in [1.54, 1.807) is 18.2 Å². The molecule has 2 aromatic carbocycles. The lowest BCUT2D eigenvalue weighted by Gasteiger charge is -2.13. The molecule has 1 amide bonds. The van der Waals surface area contributed by atoms with Gasteiger partial charge in [-0.15, -0.1) is 6.42 Å². The summed E-state index contributed by atoms with van der Waals surface area (Å²) in [6.45, 7) is 2.37. The molecule has 2 rings (SSSR count). The van der Waals surface area contributed by atoms with Crippen LogP contribution in [0.1, 0.15) is 28.4 Å². The number of nitrogens with one attached hydrogen (secondary N) is 1. The summed E-state index contributed by atoms with van der Waals surface area (Å²) in [7, 11) is 0. The molecular weight excluding hydrogens is 476 g/mol. The van der Waals surface area contributed by atoms with E-state index in [4.69, 9.17) is 21.2 Å². The van der Waals surface area contributed by atoms with E-state index in [0.29, 0.717) is 23.7 Å². The van der Waals surface area contributed by atoms with Crippen LogP contribution in [-0.2, 0) is 0 Å². The minimum absolute atomic E-state index is 0.107. The van der Waals surface area contributed by atoms with Gasteiger partial charge in [0.05, 0.1) is 33.6 Å². The summed E-state index contributed by atoms with van der Waals surface area (Å²) in [5.41, 5.74) is 2.81. The van der Waals surface area contributed by atoms with Crippen LogP contribution in [0.2, 0.25) is 0 Å². The van der Waals surface area contributed by atoms with E-state index < -0.39 is 11.7 Å². The Labute approximate surface area is 175 Å². The van der Waals surface area contributed by atoms with Crippen LogP contribution < -0.4 is 14.9 Å². The molecule has 0 spiro atoms. The molecule has 1 N–H and O–H groups in total.